The number of H-pyrrole nitrogens is 1. The Labute approximate surface area is 134 Å². The lowest BCUT2D eigenvalue weighted by Crippen LogP contribution is -2.07. The van der Waals surface area contributed by atoms with E-state index in [1.54, 1.807) is 18.5 Å². The third-order valence-electron chi connectivity index (χ3n) is 4.28. The summed E-state index contributed by atoms with van der Waals surface area (Å²) in [5, 5.41) is 9.08. The van der Waals surface area contributed by atoms with E-state index in [9.17, 15) is 4.79 Å². The zero-order chi connectivity index (χ0) is 16.4. The summed E-state index contributed by atoms with van der Waals surface area (Å²) in [6.45, 7) is 4.20. The number of aromatic amines is 1. The van der Waals surface area contributed by atoms with E-state index in [0.29, 0.717) is 0 Å². The lowest BCUT2D eigenvalue weighted by Gasteiger charge is -2.20. The number of nitrogens with zero attached hydrogens (tertiary/aromatic N) is 1. The van der Waals surface area contributed by atoms with Crippen molar-refractivity contribution in [3.05, 3.63) is 88.5 Å². The number of nitrogens with one attached hydrogen (secondary N) is 1. The van der Waals surface area contributed by atoms with Crippen LogP contribution >= 0.6 is 0 Å². The molecule has 3 rings (SSSR count). The second kappa shape index (κ2) is 6.08. The summed E-state index contributed by atoms with van der Waals surface area (Å²) in [6.07, 6.45) is 3.48. The van der Waals surface area contributed by atoms with Gasteiger partial charge in [0.05, 0.1) is 17.8 Å². The van der Waals surface area contributed by atoms with Crippen LogP contribution in [0.5, 0.6) is 0 Å². The minimum atomic E-state index is -0.915. The molecule has 0 bridgehead atoms. The molecular formula is C19H18N2O2. The van der Waals surface area contributed by atoms with Crippen molar-refractivity contribution in [2.24, 2.45) is 0 Å². The fraction of sp³-hybridized carbons (Fsp3) is 0.158. The average Bonchev–Trinajstić information content (AvgIpc) is 3.06. The van der Waals surface area contributed by atoms with Crippen LogP contribution in [0.15, 0.2) is 55.0 Å². The van der Waals surface area contributed by atoms with E-state index < -0.39 is 5.97 Å². The molecule has 23 heavy (non-hydrogen) atoms. The number of benzene rings is 2. The maximum absolute atomic E-state index is 11.1. The summed E-state index contributed by atoms with van der Waals surface area (Å²) >= 11 is 0. The first kappa shape index (κ1) is 15.0. The minimum Gasteiger partial charge on any atom is -0.478 e. The monoisotopic (exact) mass is 306 g/mol. The normalized spacial score (nSPS) is 12.1. The summed E-state index contributed by atoms with van der Waals surface area (Å²) in [6, 6.07) is 13.3. The first-order valence-electron chi connectivity index (χ1n) is 7.45. The molecule has 0 radical (unpaired) electrons. The highest BCUT2D eigenvalue weighted by Gasteiger charge is 2.20. The fourth-order valence-corrected chi connectivity index (χ4v) is 2.86. The van der Waals surface area contributed by atoms with Crippen LogP contribution in [-0.4, -0.2) is 21.0 Å². The maximum Gasteiger partial charge on any atom is 0.335 e. The van der Waals surface area contributed by atoms with Crippen LogP contribution in [0.4, 0.5) is 0 Å². The molecule has 0 spiro atoms. The maximum atomic E-state index is 11.1. The van der Waals surface area contributed by atoms with Gasteiger partial charge in [0.25, 0.3) is 0 Å². The quantitative estimate of drug-likeness (QED) is 0.768. The van der Waals surface area contributed by atoms with Gasteiger partial charge in [-0.25, -0.2) is 9.78 Å². The molecule has 4 heteroatoms. The van der Waals surface area contributed by atoms with E-state index in [2.05, 4.69) is 35.9 Å². The van der Waals surface area contributed by atoms with E-state index in [0.717, 1.165) is 11.3 Å². The SMILES string of the molecule is Cc1cccc(C(c2ccc(C(=O)O)cc2)c2cnc[nH]2)c1C. The highest BCUT2D eigenvalue weighted by molar-refractivity contribution is 5.87. The summed E-state index contributed by atoms with van der Waals surface area (Å²) in [4.78, 5) is 18.4. The highest BCUT2D eigenvalue weighted by Crippen LogP contribution is 2.33. The van der Waals surface area contributed by atoms with E-state index >= 15 is 0 Å². The molecule has 0 fully saturated rings. The van der Waals surface area contributed by atoms with Crippen molar-refractivity contribution < 1.29 is 9.90 Å². The predicted octanol–water partition coefficient (Wildman–Crippen LogP) is 3.90. The van der Waals surface area contributed by atoms with E-state index in [4.69, 9.17) is 5.11 Å². The number of imidazole rings is 1. The number of aromatic carboxylic acids is 1. The van der Waals surface area contributed by atoms with Gasteiger partial charge in [0.1, 0.15) is 0 Å². The number of hydrogen-bond donors (Lipinski definition) is 2. The summed E-state index contributed by atoms with van der Waals surface area (Å²) in [7, 11) is 0. The molecule has 0 saturated carbocycles. The smallest absolute Gasteiger partial charge is 0.335 e. The van der Waals surface area contributed by atoms with Gasteiger partial charge in [0.15, 0.2) is 0 Å². The Hall–Kier alpha value is -2.88. The van der Waals surface area contributed by atoms with Gasteiger partial charge in [-0.1, -0.05) is 30.3 Å². The number of carboxylic acids is 1. The molecule has 116 valence electrons. The molecule has 4 nitrogen and oxygen atoms in total. The van der Waals surface area contributed by atoms with Crippen LogP contribution in [-0.2, 0) is 0 Å². The molecule has 0 aliphatic heterocycles. The van der Waals surface area contributed by atoms with Crippen LogP contribution in [0.2, 0.25) is 0 Å². The van der Waals surface area contributed by atoms with Gasteiger partial charge in [0, 0.05) is 11.9 Å². The topological polar surface area (TPSA) is 66.0 Å². The van der Waals surface area contributed by atoms with Crippen LogP contribution in [0.25, 0.3) is 0 Å². The number of hydrogen-bond acceptors (Lipinski definition) is 2. The molecule has 0 aliphatic rings. The molecule has 1 atom stereocenters. The van der Waals surface area contributed by atoms with Crippen molar-refractivity contribution in [2.75, 3.05) is 0 Å². The first-order chi connectivity index (χ1) is 11.1. The Balaban J connectivity index is 2.13. The molecule has 1 heterocycles. The highest BCUT2D eigenvalue weighted by atomic mass is 16.4. The Morgan fingerprint density at radius 3 is 2.48 bits per heavy atom. The van der Waals surface area contributed by atoms with E-state index in [1.807, 2.05) is 24.4 Å². The van der Waals surface area contributed by atoms with Crippen LogP contribution in [0.3, 0.4) is 0 Å². The number of carboxylic acid groups (broad SMARTS) is 1. The molecule has 2 N–H and O–H groups in total. The van der Waals surface area contributed by atoms with Crippen LogP contribution in [0.1, 0.15) is 44.2 Å². The van der Waals surface area contributed by atoms with Gasteiger partial charge in [-0.05, 0) is 48.2 Å². The summed E-state index contributed by atoms with van der Waals surface area (Å²) in [5.74, 6) is -0.915. The predicted molar refractivity (Wildman–Crippen MR) is 88.9 cm³/mol. The van der Waals surface area contributed by atoms with Gasteiger partial charge in [-0.3, -0.25) is 0 Å². The van der Waals surface area contributed by atoms with E-state index in [-0.39, 0.29) is 11.5 Å². The van der Waals surface area contributed by atoms with Gasteiger partial charge in [0.2, 0.25) is 0 Å². The fourth-order valence-electron chi connectivity index (χ4n) is 2.86. The van der Waals surface area contributed by atoms with Gasteiger partial charge in [-0.2, -0.15) is 0 Å². The molecule has 2 aromatic carbocycles. The van der Waals surface area contributed by atoms with Gasteiger partial charge >= 0.3 is 5.97 Å². The standard InChI is InChI=1S/C19H18N2O2/c1-12-4-3-5-16(13(12)2)18(17-10-20-11-21-17)14-6-8-15(9-7-14)19(22)23/h3-11,18H,1-2H3,(H,20,21)(H,22,23). The van der Waals surface area contributed by atoms with Crippen molar-refractivity contribution in [1.29, 1.82) is 0 Å². The molecule has 1 unspecified atom stereocenters. The summed E-state index contributed by atoms with van der Waals surface area (Å²) in [5.41, 5.74) is 5.97. The third-order valence-corrected chi connectivity index (χ3v) is 4.28. The van der Waals surface area contributed by atoms with Crippen molar-refractivity contribution in [2.45, 2.75) is 19.8 Å². The number of aromatic nitrogens is 2. The first-order valence-corrected chi connectivity index (χ1v) is 7.45. The Kier molecular flexibility index (Phi) is 3.98. The second-order valence-corrected chi connectivity index (χ2v) is 5.66. The van der Waals surface area contributed by atoms with Gasteiger partial charge < -0.3 is 10.1 Å². The van der Waals surface area contributed by atoms with E-state index in [1.165, 1.54) is 16.7 Å². The molecule has 3 aromatic rings. The lowest BCUT2D eigenvalue weighted by atomic mass is 9.85. The Bertz CT molecular complexity index is 821. The van der Waals surface area contributed by atoms with Crippen molar-refractivity contribution in [3.63, 3.8) is 0 Å². The molecule has 0 aliphatic carbocycles. The molecule has 0 amide bonds. The number of carbonyl (C=O) groups is 1. The Morgan fingerprint density at radius 2 is 1.87 bits per heavy atom. The number of aryl methyl sites for hydroxylation is 1. The average molecular weight is 306 g/mol. The van der Waals surface area contributed by atoms with Gasteiger partial charge in [-0.15, -0.1) is 0 Å². The zero-order valence-corrected chi connectivity index (χ0v) is 13.1. The largest absolute Gasteiger partial charge is 0.478 e. The second-order valence-electron chi connectivity index (χ2n) is 5.66. The molecule has 1 aromatic heterocycles. The summed E-state index contributed by atoms with van der Waals surface area (Å²) < 4.78 is 0. The van der Waals surface area contributed by atoms with Crippen molar-refractivity contribution in [3.8, 4) is 0 Å². The zero-order valence-electron chi connectivity index (χ0n) is 13.1. The third kappa shape index (κ3) is 2.88. The molecular weight excluding hydrogens is 288 g/mol. The van der Waals surface area contributed by atoms with Crippen LogP contribution < -0.4 is 0 Å². The number of rotatable bonds is 4. The van der Waals surface area contributed by atoms with Crippen LogP contribution in [0, 0.1) is 13.8 Å². The lowest BCUT2D eigenvalue weighted by molar-refractivity contribution is 0.0697. The van der Waals surface area contributed by atoms with Crippen molar-refractivity contribution in [1.82, 2.24) is 9.97 Å². The Morgan fingerprint density at radius 1 is 1.13 bits per heavy atom. The minimum absolute atomic E-state index is 0.000227. The van der Waals surface area contributed by atoms with Crippen molar-refractivity contribution >= 4 is 5.97 Å². The molecule has 0 saturated heterocycles.